The molecule has 0 unspecified atom stereocenters. The third-order valence-electron chi connectivity index (χ3n) is 8.08. The van der Waals surface area contributed by atoms with Crippen molar-refractivity contribution in [1.29, 1.82) is 0 Å². The fourth-order valence-corrected chi connectivity index (χ4v) is 5.82. The summed E-state index contributed by atoms with van der Waals surface area (Å²) in [5.41, 5.74) is 0. The summed E-state index contributed by atoms with van der Waals surface area (Å²) < 4.78 is 26.1. The summed E-state index contributed by atoms with van der Waals surface area (Å²) in [6.45, 7) is 3.24. The van der Waals surface area contributed by atoms with Crippen LogP contribution in [0.4, 0.5) is 0 Å². The van der Waals surface area contributed by atoms with Crippen molar-refractivity contribution >= 4 is 19.8 Å². The molecule has 0 saturated heterocycles. The van der Waals surface area contributed by atoms with E-state index in [2.05, 4.69) is 18.4 Å². The normalized spacial score (nSPS) is 21.8. The number of phosphoric ester groups is 1. The molecule has 11 nitrogen and oxygen atoms in total. The number of rotatable bonds is 26. The molecule has 1 fully saturated rings. The minimum absolute atomic E-state index is 0.166. The summed E-state index contributed by atoms with van der Waals surface area (Å²) in [5, 5.41) is 31.1. The third kappa shape index (κ3) is 21.0. The number of phosphoric acid groups is 1. The average molecular weight is 663 g/mol. The molecular formula is C33H59O11P. The topological polar surface area (TPSA) is 180 Å². The van der Waals surface area contributed by atoms with Gasteiger partial charge >= 0.3 is 19.8 Å². The zero-order valence-electron chi connectivity index (χ0n) is 27.3. The van der Waals surface area contributed by atoms with Crippen molar-refractivity contribution in [2.24, 2.45) is 11.8 Å². The second-order valence-electron chi connectivity index (χ2n) is 12.1. The smallest absolute Gasteiger partial charge is 0.462 e. The Kier molecular flexibility index (Phi) is 22.6. The highest BCUT2D eigenvalue weighted by atomic mass is 31.2. The van der Waals surface area contributed by atoms with Crippen LogP contribution in [-0.2, 0) is 28.2 Å². The van der Waals surface area contributed by atoms with E-state index in [-0.39, 0.29) is 31.1 Å². The number of hydrogen-bond acceptors (Lipinski definition) is 9. The summed E-state index contributed by atoms with van der Waals surface area (Å²) in [7, 11) is -4.83. The molecule has 12 heteroatoms. The number of allylic oxidation sites excluding steroid dienone is 1. The van der Waals surface area contributed by atoms with Crippen molar-refractivity contribution < 1.29 is 53.3 Å². The van der Waals surface area contributed by atoms with Crippen LogP contribution in [0.1, 0.15) is 123 Å². The lowest BCUT2D eigenvalue weighted by Gasteiger charge is -2.20. The molecule has 1 saturated carbocycles. The van der Waals surface area contributed by atoms with Crippen LogP contribution in [0.5, 0.6) is 0 Å². The van der Waals surface area contributed by atoms with E-state index in [1.54, 1.807) is 24.3 Å². The molecule has 45 heavy (non-hydrogen) atoms. The van der Waals surface area contributed by atoms with E-state index in [1.165, 1.54) is 32.1 Å². The van der Waals surface area contributed by atoms with E-state index in [4.69, 9.17) is 19.3 Å². The Morgan fingerprint density at radius 3 is 2.11 bits per heavy atom. The molecule has 0 radical (unpaired) electrons. The molecular weight excluding hydrogens is 603 g/mol. The molecule has 0 bridgehead atoms. The number of aliphatic hydroxyl groups is 3. The Labute approximate surface area is 269 Å². The Morgan fingerprint density at radius 1 is 0.844 bits per heavy atom. The largest absolute Gasteiger partial charge is 0.469 e. The SMILES string of the molecule is CCCCCCCCCCCC(=O)OC[C@H](COP(=O)(O)O)OC(=O)C/C=C\C[C@H]1[C@@H](/C=C/[C@H](O)CCCCC)[C@H](O)C[C@@H]1O. The van der Waals surface area contributed by atoms with Gasteiger partial charge in [0.25, 0.3) is 0 Å². The molecule has 5 N–H and O–H groups in total. The Balaban J connectivity index is 2.50. The maximum Gasteiger partial charge on any atom is 0.469 e. The summed E-state index contributed by atoms with van der Waals surface area (Å²) >= 11 is 0. The monoisotopic (exact) mass is 662 g/mol. The standard InChI is InChI=1S/C33H59O11P/c1-3-5-7-8-9-10-11-12-14-19-32(37)42-24-27(25-43-45(39,40)41)44-33(38)20-16-15-18-28-29(31(36)23-30(28)35)22-21-26(34)17-13-6-4-2/h15-16,21-22,26-31,34-36H,3-14,17-20,23-25H2,1-2H3,(H2,39,40,41)/b16-15-,22-21+/t26-,27-,28+,29-,30+,31-/m1/s1. The number of ether oxygens (including phenoxy) is 2. The minimum atomic E-state index is -4.83. The molecule has 0 aliphatic heterocycles. The van der Waals surface area contributed by atoms with Gasteiger partial charge in [0.05, 0.1) is 31.3 Å². The highest BCUT2D eigenvalue weighted by Crippen LogP contribution is 2.37. The zero-order valence-corrected chi connectivity index (χ0v) is 28.2. The van der Waals surface area contributed by atoms with Gasteiger partial charge in [-0.05, 0) is 25.2 Å². The fourth-order valence-electron chi connectivity index (χ4n) is 5.46. The lowest BCUT2D eigenvalue weighted by Crippen LogP contribution is -2.29. The maximum absolute atomic E-state index is 12.4. The van der Waals surface area contributed by atoms with Gasteiger partial charge in [-0.15, -0.1) is 0 Å². The quantitative estimate of drug-likeness (QED) is 0.0334. The second kappa shape index (κ2) is 24.6. The summed E-state index contributed by atoms with van der Waals surface area (Å²) in [5.74, 6) is -1.82. The first kappa shape index (κ1) is 41.4. The summed E-state index contributed by atoms with van der Waals surface area (Å²) in [6.07, 6.45) is 17.6. The second-order valence-corrected chi connectivity index (χ2v) is 13.4. The molecule has 6 atom stereocenters. The van der Waals surface area contributed by atoms with Gasteiger partial charge in [-0.3, -0.25) is 14.1 Å². The van der Waals surface area contributed by atoms with Crippen LogP contribution < -0.4 is 0 Å². The van der Waals surface area contributed by atoms with Crippen molar-refractivity contribution in [3.8, 4) is 0 Å². The molecule has 0 heterocycles. The van der Waals surface area contributed by atoms with Crippen molar-refractivity contribution in [2.45, 2.75) is 147 Å². The highest BCUT2D eigenvalue weighted by molar-refractivity contribution is 7.46. The molecule has 0 aromatic carbocycles. The minimum Gasteiger partial charge on any atom is -0.462 e. The van der Waals surface area contributed by atoms with Crippen LogP contribution in [0, 0.1) is 11.8 Å². The fraction of sp³-hybridized carbons (Fsp3) is 0.818. The lowest BCUT2D eigenvalue weighted by atomic mass is 9.89. The van der Waals surface area contributed by atoms with Crippen LogP contribution in [-0.4, -0.2) is 74.7 Å². The van der Waals surface area contributed by atoms with Gasteiger partial charge in [0.1, 0.15) is 6.61 Å². The van der Waals surface area contributed by atoms with E-state index in [1.807, 2.05) is 0 Å². The number of esters is 2. The lowest BCUT2D eigenvalue weighted by molar-refractivity contribution is -0.160. The molecule has 1 aliphatic carbocycles. The molecule has 0 aromatic rings. The van der Waals surface area contributed by atoms with E-state index in [0.29, 0.717) is 19.3 Å². The van der Waals surface area contributed by atoms with E-state index in [9.17, 15) is 29.5 Å². The number of unbranched alkanes of at least 4 members (excludes halogenated alkanes) is 10. The Bertz CT molecular complexity index is 903. The van der Waals surface area contributed by atoms with Gasteiger partial charge in [-0.2, -0.15) is 0 Å². The first-order chi connectivity index (χ1) is 21.5. The Morgan fingerprint density at radius 2 is 1.47 bits per heavy atom. The van der Waals surface area contributed by atoms with E-state index < -0.39 is 57.4 Å². The Hall–Kier alpha value is -1.59. The van der Waals surface area contributed by atoms with Gasteiger partial charge in [0.2, 0.25) is 0 Å². The van der Waals surface area contributed by atoms with Crippen LogP contribution in [0.15, 0.2) is 24.3 Å². The van der Waals surface area contributed by atoms with Gasteiger partial charge in [-0.25, -0.2) is 4.57 Å². The average Bonchev–Trinajstić information content (AvgIpc) is 3.25. The predicted molar refractivity (Wildman–Crippen MR) is 172 cm³/mol. The number of hydrogen-bond donors (Lipinski definition) is 5. The summed E-state index contributed by atoms with van der Waals surface area (Å²) in [4.78, 5) is 42.7. The molecule has 0 spiro atoms. The molecule has 0 aromatic heterocycles. The number of carbonyl (C=O) groups is 2. The van der Waals surface area contributed by atoms with Crippen LogP contribution in [0.25, 0.3) is 0 Å². The number of aliphatic hydroxyl groups excluding tert-OH is 3. The van der Waals surface area contributed by atoms with Crippen LogP contribution >= 0.6 is 7.82 Å². The van der Waals surface area contributed by atoms with Crippen LogP contribution in [0.3, 0.4) is 0 Å². The van der Waals surface area contributed by atoms with Crippen LogP contribution in [0.2, 0.25) is 0 Å². The predicted octanol–water partition coefficient (Wildman–Crippen LogP) is 5.66. The van der Waals surface area contributed by atoms with Gasteiger partial charge in [0, 0.05) is 18.8 Å². The first-order valence-corrected chi connectivity index (χ1v) is 18.4. The molecule has 1 aliphatic rings. The summed E-state index contributed by atoms with van der Waals surface area (Å²) in [6, 6.07) is 0. The van der Waals surface area contributed by atoms with Gasteiger partial charge in [0.15, 0.2) is 6.10 Å². The third-order valence-corrected chi connectivity index (χ3v) is 8.56. The van der Waals surface area contributed by atoms with E-state index in [0.717, 1.165) is 38.5 Å². The van der Waals surface area contributed by atoms with Crippen molar-refractivity contribution in [3.63, 3.8) is 0 Å². The molecule has 1 rings (SSSR count). The van der Waals surface area contributed by atoms with Crippen molar-refractivity contribution in [3.05, 3.63) is 24.3 Å². The maximum atomic E-state index is 12.4. The van der Waals surface area contributed by atoms with Crippen molar-refractivity contribution in [2.75, 3.05) is 13.2 Å². The van der Waals surface area contributed by atoms with E-state index >= 15 is 0 Å². The highest BCUT2D eigenvalue weighted by Gasteiger charge is 2.39. The van der Waals surface area contributed by atoms with Gasteiger partial charge < -0.3 is 34.6 Å². The number of carbonyl (C=O) groups excluding carboxylic acids is 2. The van der Waals surface area contributed by atoms with Crippen molar-refractivity contribution in [1.82, 2.24) is 0 Å². The molecule has 0 amide bonds. The molecule has 262 valence electrons. The van der Waals surface area contributed by atoms with Gasteiger partial charge in [-0.1, -0.05) is 109 Å². The zero-order chi connectivity index (χ0) is 33.5. The first-order valence-electron chi connectivity index (χ1n) is 16.9.